The van der Waals surface area contributed by atoms with Crippen molar-refractivity contribution in [3.8, 4) is 5.75 Å². The van der Waals surface area contributed by atoms with Crippen LogP contribution in [0.2, 0.25) is 0 Å². The molecule has 0 bridgehead atoms. The summed E-state index contributed by atoms with van der Waals surface area (Å²) in [6.45, 7) is 1.94. The maximum absolute atomic E-state index is 8.59. The highest BCUT2D eigenvalue weighted by Gasteiger charge is 2.12. The third-order valence-corrected chi connectivity index (χ3v) is 1.98. The van der Waals surface area contributed by atoms with Gasteiger partial charge < -0.3 is 19.1 Å². The molecule has 2 N–H and O–H groups in total. The number of furan rings is 1. The molecule has 4 nitrogen and oxygen atoms in total. The Morgan fingerprint density at radius 3 is 2.86 bits per heavy atom. The average molecular weight is 192 g/mol. The molecular formula is C9H9BO4. The molecule has 2 aromatic rings. The van der Waals surface area contributed by atoms with E-state index in [1.807, 2.05) is 13.0 Å². The van der Waals surface area contributed by atoms with Gasteiger partial charge in [-0.3, -0.25) is 0 Å². The Balaban J connectivity index is 2.42. The van der Waals surface area contributed by atoms with E-state index >= 15 is 0 Å². The first-order valence-corrected chi connectivity index (χ1v) is 4.17. The first kappa shape index (κ1) is 9.11. The molecule has 2 rings (SSSR count). The normalized spacial score (nSPS) is 10.5. The average Bonchev–Trinajstić information content (AvgIpc) is 2.46. The lowest BCUT2D eigenvalue weighted by Gasteiger charge is -2.03. The molecule has 1 heterocycles. The zero-order chi connectivity index (χ0) is 10.1. The molecule has 0 aliphatic carbocycles. The summed E-state index contributed by atoms with van der Waals surface area (Å²) in [4.78, 5) is 0. The molecule has 0 unspecified atom stereocenters. The third-order valence-electron chi connectivity index (χ3n) is 1.98. The first-order chi connectivity index (χ1) is 6.66. The predicted molar refractivity (Wildman–Crippen MR) is 51.8 cm³/mol. The zero-order valence-corrected chi connectivity index (χ0v) is 7.60. The van der Waals surface area contributed by atoms with Gasteiger partial charge >= 0.3 is 7.32 Å². The Morgan fingerprint density at radius 1 is 1.36 bits per heavy atom. The smallest absolute Gasteiger partial charge is 0.512 e. The lowest BCUT2D eigenvalue weighted by Crippen LogP contribution is -2.20. The molecule has 0 radical (unpaired) electrons. The second-order valence-electron chi connectivity index (χ2n) is 3.02. The predicted octanol–water partition coefficient (Wildman–Crippen LogP) is 1.09. The van der Waals surface area contributed by atoms with Crippen molar-refractivity contribution in [1.82, 2.24) is 0 Å². The molecule has 5 heteroatoms. The van der Waals surface area contributed by atoms with Gasteiger partial charge in [0.05, 0.1) is 6.26 Å². The summed E-state index contributed by atoms with van der Waals surface area (Å²) in [6, 6.07) is 5.08. The second-order valence-corrected chi connectivity index (χ2v) is 3.02. The van der Waals surface area contributed by atoms with Gasteiger partial charge in [-0.15, -0.1) is 0 Å². The van der Waals surface area contributed by atoms with E-state index < -0.39 is 7.32 Å². The van der Waals surface area contributed by atoms with Gasteiger partial charge in [0, 0.05) is 11.5 Å². The van der Waals surface area contributed by atoms with Crippen molar-refractivity contribution >= 4 is 18.3 Å². The topological polar surface area (TPSA) is 62.8 Å². The molecule has 0 amide bonds. The van der Waals surface area contributed by atoms with Gasteiger partial charge in [0.15, 0.2) is 0 Å². The quantitative estimate of drug-likeness (QED) is 0.699. The van der Waals surface area contributed by atoms with Crippen molar-refractivity contribution in [2.75, 3.05) is 0 Å². The SMILES string of the molecule is Cc1coc2cc(OB(O)O)ccc12. The summed E-state index contributed by atoms with van der Waals surface area (Å²) >= 11 is 0. The van der Waals surface area contributed by atoms with Crippen LogP contribution in [0.15, 0.2) is 28.9 Å². The molecule has 0 atom stereocenters. The molecule has 0 aliphatic heterocycles. The van der Waals surface area contributed by atoms with Crippen molar-refractivity contribution in [2.45, 2.75) is 6.92 Å². The standard InChI is InChI=1S/C9H9BO4/c1-6-5-13-9-4-7(14-10(11)12)2-3-8(6)9/h2-5,11-12H,1H3. The van der Waals surface area contributed by atoms with Crippen molar-refractivity contribution < 1.29 is 19.1 Å². The number of rotatable bonds is 2. The van der Waals surface area contributed by atoms with Crippen LogP contribution in [0.4, 0.5) is 0 Å². The number of hydrogen-bond donors (Lipinski definition) is 2. The van der Waals surface area contributed by atoms with E-state index in [0.717, 1.165) is 10.9 Å². The second kappa shape index (κ2) is 3.36. The maximum Gasteiger partial charge on any atom is 0.707 e. The number of benzene rings is 1. The van der Waals surface area contributed by atoms with Crippen molar-refractivity contribution in [3.05, 3.63) is 30.0 Å². The van der Waals surface area contributed by atoms with Gasteiger partial charge in [-0.2, -0.15) is 0 Å². The summed E-state index contributed by atoms with van der Waals surface area (Å²) in [7, 11) is -1.80. The highest BCUT2D eigenvalue weighted by atomic mass is 16.6. The summed E-state index contributed by atoms with van der Waals surface area (Å²) in [6.07, 6.45) is 1.64. The minimum Gasteiger partial charge on any atom is -0.512 e. The van der Waals surface area contributed by atoms with E-state index in [0.29, 0.717) is 11.3 Å². The highest BCUT2D eigenvalue weighted by molar-refractivity contribution is 6.33. The van der Waals surface area contributed by atoms with Gasteiger partial charge in [-0.25, -0.2) is 0 Å². The van der Waals surface area contributed by atoms with Gasteiger partial charge in [0.2, 0.25) is 0 Å². The van der Waals surface area contributed by atoms with Crippen LogP contribution in [0.5, 0.6) is 5.75 Å². The van der Waals surface area contributed by atoms with Gasteiger partial charge in [0.25, 0.3) is 0 Å². The Kier molecular flexibility index (Phi) is 2.19. The minimum absolute atomic E-state index is 0.363. The van der Waals surface area contributed by atoms with Gasteiger partial charge in [-0.05, 0) is 24.6 Å². The van der Waals surface area contributed by atoms with Crippen LogP contribution in [-0.2, 0) is 0 Å². The molecule has 1 aromatic carbocycles. The van der Waals surface area contributed by atoms with Crippen LogP contribution in [0.25, 0.3) is 11.0 Å². The summed E-state index contributed by atoms with van der Waals surface area (Å²) in [5.41, 5.74) is 1.71. The van der Waals surface area contributed by atoms with Crippen molar-refractivity contribution in [1.29, 1.82) is 0 Å². The van der Waals surface area contributed by atoms with Crippen LogP contribution in [0, 0.1) is 6.92 Å². The fourth-order valence-corrected chi connectivity index (χ4v) is 1.34. The summed E-state index contributed by atoms with van der Waals surface area (Å²) in [5, 5.41) is 18.2. The molecule has 0 aliphatic rings. The molecule has 0 saturated carbocycles. The van der Waals surface area contributed by atoms with Crippen molar-refractivity contribution in [3.63, 3.8) is 0 Å². The first-order valence-electron chi connectivity index (χ1n) is 4.17. The lowest BCUT2D eigenvalue weighted by atomic mass is 10.2. The molecule has 72 valence electrons. The monoisotopic (exact) mass is 192 g/mol. The van der Waals surface area contributed by atoms with Crippen molar-refractivity contribution in [2.24, 2.45) is 0 Å². The number of fused-ring (bicyclic) bond motifs is 1. The van der Waals surface area contributed by atoms with E-state index in [1.165, 1.54) is 0 Å². The van der Waals surface area contributed by atoms with Crippen LogP contribution < -0.4 is 4.65 Å². The van der Waals surface area contributed by atoms with Crippen LogP contribution in [-0.4, -0.2) is 17.4 Å². The van der Waals surface area contributed by atoms with Gasteiger partial charge in [0.1, 0.15) is 11.3 Å². The van der Waals surface area contributed by atoms with Gasteiger partial charge in [-0.1, -0.05) is 0 Å². The number of hydrogen-bond acceptors (Lipinski definition) is 4. The molecule has 0 fully saturated rings. The summed E-state index contributed by atoms with van der Waals surface area (Å²) < 4.78 is 9.91. The third kappa shape index (κ3) is 1.59. The van der Waals surface area contributed by atoms with Crippen LogP contribution in [0.1, 0.15) is 5.56 Å². The summed E-state index contributed by atoms with van der Waals surface area (Å²) in [5.74, 6) is 0.363. The van der Waals surface area contributed by atoms with E-state index in [4.69, 9.17) is 14.5 Å². The van der Waals surface area contributed by atoms with Crippen LogP contribution in [0.3, 0.4) is 0 Å². The van der Waals surface area contributed by atoms with E-state index in [9.17, 15) is 0 Å². The molecule has 0 spiro atoms. The fraction of sp³-hybridized carbons (Fsp3) is 0.111. The van der Waals surface area contributed by atoms with E-state index in [2.05, 4.69) is 4.65 Å². The highest BCUT2D eigenvalue weighted by Crippen LogP contribution is 2.24. The molecule has 14 heavy (non-hydrogen) atoms. The van der Waals surface area contributed by atoms with Crippen LogP contribution >= 0.6 is 0 Å². The lowest BCUT2D eigenvalue weighted by molar-refractivity contribution is 0.288. The molecule has 0 saturated heterocycles. The maximum atomic E-state index is 8.59. The Hall–Kier alpha value is -1.46. The Bertz CT molecular complexity index is 449. The largest absolute Gasteiger partial charge is 0.707 e. The minimum atomic E-state index is -1.80. The Morgan fingerprint density at radius 2 is 2.14 bits per heavy atom. The number of aryl methyl sites for hydroxylation is 1. The zero-order valence-electron chi connectivity index (χ0n) is 7.60. The van der Waals surface area contributed by atoms with E-state index in [-0.39, 0.29) is 0 Å². The molecule has 1 aromatic heterocycles. The Labute approximate surface area is 80.9 Å². The molecular weight excluding hydrogens is 183 g/mol. The fourth-order valence-electron chi connectivity index (χ4n) is 1.34. The van der Waals surface area contributed by atoms with E-state index in [1.54, 1.807) is 18.4 Å².